The normalized spacial score (nSPS) is 11.1. The maximum Gasteiger partial charge on any atom is 0.290 e. The van der Waals surface area contributed by atoms with Crippen molar-refractivity contribution >= 4 is 40.0 Å². The molecule has 0 aliphatic heterocycles. The monoisotopic (exact) mass is 462 g/mol. The lowest BCUT2D eigenvalue weighted by Gasteiger charge is -2.10. The van der Waals surface area contributed by atoms with E-state index in [9.17, 15) is 18.8 Å². The summed E-state index contributed by atoms with van der Waals surface area (Å²) in [6.45, 7) is 2.06. The Morgan fingerprint density at radius 2 is 1.76 bits per heavy atom. The third kappa shape index (κ3) is 4.88. The minimum absolute atomic E-state index is 0.0403. The molecule has 4 aromatic rings. The van der Waals surface area contributed by atoms with Gasteiger partial charge in [0.1, 0.15) is 5.82 Å². The van der Waals surface area contributed by atoms with E-state index in [1.807, 2.05) is 12.1 Å². The molecule has 0 bridgehead atoms. The number of carbonyl (C=O) groups excluding carboxylic acids is 2. The Morgan fingerprint density at radius 3 is 2.48 bits per heavy atom. The molecule has 2 N–H and O–H groups in total. The van der Waals surface area contributed by atoms with Crippen LogP contribution in [0.2, 0.25) is 0 Å². The van der Waals surface area contributed by atoms with Crippen LogP contribution in [-0.2, 0) is 11.3 Å². The van der Waals surface area contributed by atoms with Gasteiger partial charge in [0.15, 0.2) is 5.69 Å². The van der Waals surface area contributed by atoms with Gasteiger partial charge in [-0.1, -0.05) is 30.3 Å². The van der Waals surface area contributed by atoms with Crippen molar-refractivity contribution in [2.75, 3.05) is 0 Å². The molecule has 0 spiro atoms. The second kappa shape index (κ2) is 9.58. The number of nitrogens with zero attached hydrogens (tertiary/aromatic N) is 2. The lowest BCUT2D eigenvalue weighted by molar-refractivity contribution is -0.117. The number of nitrogens with one attached hydrogen (secondary N) is 2. The lowest BCUT2D eigenvalue weighted by Crippen LogP contribution is -2.42. The van der Waals surface area contributed by atoms with Crippen molar-refractivity contribution in [1.82, 2.24) is 20.6 Å². The molecule has 7 nitrogen and oxygen atoms in total. The van der Waals surface area contributed by atoms with Crippen molar-refractivity contribution in [2.24, 2.45) is 0 Å². The third-order valence-corrected chi connectivity index (χ3v) is 5.94. The van der Waals surface area contributed by atoms with Gasteiger partial charge in [0.25, 0.3) is 17.4 Å². The molecule has 2 amide bonds. The topological polar surface area (TPSA) is 93.1 Å². The van der Waals surface area contributed by atoms with Crippen LogP contribution < -0.4 is 16.4 Å². The van der Waals surface area contributed by atoms with Crippen LogP contribution in [0, 0.1) is 5.82 Å². The molecular formula is C24H19FN4O3S. The largest absolute Gasteiger partial charge is 0.290 e. The standard InChI is InChI=1S/C24H19FN4O3S/c1-2-29-24(32)19-6-4-3-5-18(19)22(28-29)23(31)27-26-21(30)14-12-17-11-13-20(33-17)15-7-9-16(25)10-8-15/h3-14H,2H2,1H3,(H,26,30)(H,27,31)/b14-12+. The molecule has 2 aromatic heterocycles. The maximum atomic E-state index is 13.1. The van der Waals surface area contributed by atoms with Gasteiger partial charge in [-0.2, -0.15) is 5.10 Å². The molecule has 0 saturated carbocycles. The molecular weight excluding hydrogens is 443 g/mol. The van der Waals surface area contributed by atoms with Gasteiger partial charge >= 0.3 is 0 Å². The van der Waals surface area contributed by atoms with Crippen LogP contribution in [0.1, 0.15) is 22.3 Å². The molecule has 0 saturated heterocycles. The molecule has 0 aliphatic rings. The van der Waals surface area contributed by atoms with Crippen molar-refractivity contribution < 1.29 is 14.0 Å². The van der Waals surface area contributed by atoms with Crippen molar-refractivity contribution in [1.29, 1.82) is 0 Å². The van der Waals surface area contributed by atoms with Crippen molar-refractivity contribution in [3.63, 3.8) is 0 Å². The Labute approximate surface area is 192 Å². The summed E-state index contributed by atoms with van der Waals surface area (Å²) in [5, 5.41) is 4.91. The molecule has 4 rings (SSSR count). The smallest absolute Gasteiger partial charge is 0.268 e. The Morgan fingerprint density at radius 1 is 1.03 bits per heavy atom. The fraction of sp³-hybridized carbons (Fsp3) is 0.0833. The number of benzene rings is 2. The first-order chi connectivity index (χ1) is 16.0. The molecule has 0 fully saturated rings. The molecule has 0 atom stereocenters. The summed E-state index contributed by atoms with van der Waals surface area (Å²) in [5.41, 5.74) is 5.29. The summed E-state index contributed by atoms with van der Waals surface area (Å²) in [7, 11) is 0. The molecule has 2 aromatic carbocycles. The number of amides is 2. The van der Waals surface area contributed by atoms with Crippen LogP contribution in [0.5, 0.6) is 0 Å². The molecule has 33 heavy (non-hydrogen) atoms. The minimum Gasteiger partial charge on any atom is -0.268 e. The van der Waals surface area contributed by atoms with Gasteiger partial charge in [-0.25, -0.2) is 9.07 Å². The van der Waals surface area contributed by atoms with Crippen LogP contribution in [0.3, 0.4) is 0 Å². The second-order valence-electron chi connectivity index (χ2n) is 7.00. The van der Waals surface area contributed by atoms with Crippen LogP contribution in [-0.4, -0.2) is 21.6 Å². The average molecular weight is 463 g/mol. The Kier molecular flexibility index (Phi) is 6.41. The number of thiophene rings is 1. The highest BCUT2D eigenvalue weighted by molar-refractivity contribution is 7.16. The van der Waals surface area contributed by atoms with Crippen molar-refractivity contribution in [3.05, 3.63) is 93.5 Å². The van der Waals surface area contributed by atoms with Gasteiger partial charge in [0.05, 0.1) is 5.39 Å². The highest BCUT2D eigenvalue weighted by atomic mass is 32.1. The molecule has 166 valence electrons. The molecule has 0 radical (unpaired) electrons. The highest BCUT2D eigenvalue weighted by Crippen LogP contribution is 2.28. The number of carbonyl (C=O) groups is 2. The van der Waals surface area contributed by atoms with E-state index < -0.39 is 11.8 Å². The zero-order valence-corrected chi connectivity index (χ0v) is 18.4. The summed E-state index contributed by atoms with van der Waals surface area (Å²) in [6, 6.07) is 16.6. The summed E-state index contributed by atoms with van der Waals surface area (Å²) in [4.78, 5) is 39.0. The average Bonchev–Trinajstić information content (AvgIpc) is 3.31. The number of hydrogen-bond acceptors (Lipinski definition) is 5. The first-order valence-electron chi connectivity index (χ1n) is 10.1. The molecule has 2 heterocycles. The fourth-order valence-electron chi connectivity index (χ4n) is 3.21. The number of aromatic nitrogens is 2. The first kappa shape index (κ1) is 22.1. The predicted octanol–water partition coefficient (Wildman–Crippen LogP) is 3.76. The maximum absolute atomic E-state index is 13.1. The van der Waals surface area contributed by atoms with Gasteiger partial charge < -0.3 is 0 Å². The summed E-state index contributed by atoms with van der Waals surface area (Å²) >= 11 is 1.44. The zero-order valence-electron chi connectivity index (χ0n) is 17.5. The van der Waals surface area contributed by atoms with Crippen LogP contribution in [0.25, 0.3) is 27.3 Å². The molecule has 9 heteroatoms. The number of hydrazine groups is 1. The van der Waals surface area contributed by atoms with Crippen LogP contribution >= 0.6 is 11.3 Å². The van der Waals surface area contributed by atoms with E-state index in [0.717, 1.165) is 15.3 Å². The summed E-state index contributed by atoms with van der Waals surface area (Å²) in [5.74, 6) is -1.47. The number of rotatable bonds is 5. The minimum atomic E-state index is -0.634. The summed E-state index contributed by atoms with van der Waals surface area (Å²) in [6.07, 6.45) is 2.91. The lowest BCUT2D eigenvalue weighted by atomic mass is 10.1. The molecule has 0 unspecified atom stereocenters. The first-order valence-corrected chi connectivity index (χ1v) is 10.9. The number of fused-ring (bicyclic) bond motifs is 1. The SMILES string of the molecule is CCn1nc(C(=O)NNC(=O)/C=C/c2ccc(-c3ccc(F)cc3)s2)c2ccccc2c1=O. The van der Waals surface area contributed by atoms with Crippen LogP contribution in [0.15, 0.2) is 71.5 Å². The highest BCUT2D eigenvalue weighted by Gasteiger charge is 2.16. The van der Waals surface area contributed by atoms with E-state index in [2.05, 4.69) is 16.0 Å². The Hall–Kier alpha value is -4.11. The quantitative estimate of drug-likeness (QED) is 0.349. The number of hydrogen-bond donors (Lipinski definition) is 2. The van der Waals surface area contributed by atoms with Gasteiger partial charge in [0, 0.05) is 27.8 Å². The van der Waals surface area contributed by atoms with E-state index in [-0.39, 0.29) is 17.1 Å². The van der Waals surface area contributed by atoms with Gasteiger partial charge in [-0.3, -0.25) is 25.2 Å². The molecule has 0 aliphatic carbocycles. The van der Waals surface area contributed by atoms with E-state index in [1.54, 1.807) is 49.4 Å². The van der Waals surface area contributed by atoms with E-state index in [1.165, 1.54) is 34.2 Å². The van der Waals surface area contributed by atoms with E-state index >= 15 is 0 Å². The van der Waals surface area contributed by atoms with E-state index in [4.69, 9.17) is 0 Å². The second-order valence-corrected chi connectivity index (χ2v) is 8.12. The number of aryl methyl sites for hydroxylation is 1. The van der Waals surface area contributed by atoms with Gasteiger partial charge in [-0.15, -0.1) is 11.3 Å². The predicted molar refractivity (Wildman–Crippen MR) is 126 cm³/mol. The van der Waals surface area contributed by atoms with Crippen molar-refractivity contribution in [2.45, 2.75) is 13.5 Å². The number of halogens is 1. The summed E-state index contributed by atoms with van der Waals surface area (Å²) < 4.78 is 14.3. The van der Waals surface area contributed by atoms with Gasteiger partial charge in [0.2, 0.25) is 0 Å². The Balaban J connectivity index is 1.43. The van der Waals surface area contributed by atoms with Gasteiger partial charge in [-0.05, 0) is 48.9 Å². The zero-order chi connectivity index (χ0) is 23.4. The third-order valence-electron chi connectivity index (χ3n) is 4.84. The Bertz CT molecular complexity index is 1420. The van der Waals surface area contributed by atoms with Crippen LogP contribution in [0.4, 0.5) is 4.39 Å². The van der Waals surface area contributed by atoms with E-state index in [0.29, 0.717) is 17.3 Å². The fourth-order valence-corrected chi connectivity index (χ4v) is 4.12. The van der Waals surface area contributed by atoms with Crippen molar-refractivity contribution in [3.8, 4) is 10.4 Å².